The fraction of sp³-hybridized carbons (Fsp3) is 0.400. The van der Waals surface area contributed by atoms with Crippen molar-refractivity contribution in [1.82, 2.24) is 4.31 Å². The Morgan fingerprint density at radius 2 is 1.67 bits per heavy atom. The highest BCUT2D eigenvalue weighted by molar-refractivity contribution is 7.89. The zero-order valence-corrected chi connectivity index (χ0v) is 15.7. The summed E-state index contributed by atoms with van der Waals surface area (Å²) >= 11 is 0. The maximum atomic E-state index is 13.1. The van der Waals surface area contributed by atoms with Gasteiger partial charge < -0.3 is 14.2 Å². The van der Waals surface area contributed by atoms with Gasteiger partial charge in [0.05, 0.1) is 11.5 Å². The fourth-order valence-corrected chi connectivity index (χ4v) is 5.53. The van der Waals surface area contributed by atoms with Gasteiger partial charge in [-0.25, -0.2) is 8.42 Å². The van der Waals surface area contributed by atoms with E-state index in [1.54, 1.807) is 22.5 Å². The zero-order chi connectivity index (χ0) is 18.4. The molecule has 0 aromatic heterocycles. The summed E-state index contributed by atoms with van der Waals surface area (Å²) in [5.74, 6) is 2.26. The molecule has 3 heterocycles. The molecule has 7 heteroatoms. The topological polar surface area (TPSA) is 65.1 Å². The first-order valence-electron chi connectivity index (χ1n) is 9.27. The third-order valence-corrected chi connectivity index (χ3v) is 7.35. The van der Waals surface area contributed by atoms with Crippen molar-refractivity contribution < 1.29 is 22.6 Å². The van der Waals surface area contributed by atoms with Crippen molar-refractivity contribution in [3.8, 4) is 17.2 Å². The van der Waals surface area contributed by atoms with E-state index >= 15 is 0 Å². The molecule has 5 rings (SSSR count). The van der Waals surface area contributed by atoms with Crippen molar-refractivity contribution in [3.63, 3.8) is 0 Å². The number of fused-ring (bicyclic) bond motifs is 2. The summed E-state index contributed by atoms with van der Waals surface area (Å²) in [5.41, 5.74) is 2.42. The molecule has 0 saturated carbocycles. The standard InChI is InChI=1S/C20H21NO5S/c22-27(23,17-2-4-19-20(12-17)26-10-9-25-19)21-7-5-16(13-21)14-1-3-18-15(11-14)6-8-24-18/h1-4,11-12,16H,5-10,13H2/t16-/m1/s1. The molecule has 0 unspecified atom stereocenters. The molecule has 0 amide bonds. The quantitative estimate of drug-likeness (QED) is 0.810. The van der Waals surface area contributed by atoms with Crippen LogP contribution in [0.5, 0.6) is 17.2 Å². The molecule has 2 aromatic carbocycles. The van der Waals surface area contributed by atoms with Crippen LogP contribution < -0.4 is 14.2 Å². The number of hydrogen-bond acceptors (Lipinski definition) is 5. The molecule has 6 nitrogen and oxygen atoms in total. The Morgan fingerprint density at radius 1 is 0.889 bits per heavy atom. The first-order valence-corrected chi connectivity index (χ1v) is 10.7. The van der Waals surface area contributed by atoms with Crippen LogP contribution >= 0.6 is 0 Å². The van der Waals surface area contributed by atoms with E-state index in [-0.39, 0.29) is 10.8 Å². The van der Waals surface area contributed by atoms with E-state index in [0.717, 1.165) is 25.2 Å². The molecule has 0 spiro atoms. The van der Waals surface area contributed by atoms with Gasteiger partial charge in [-0.05, 0) is 41.7 Å². The second kappa shape index (κ2) is 6.42. The van der Waals surface area contributed by atoms with E-state index in [4.69, 9.17) is 14.2 Å². The maximum absolute atomic E-state index is 13.1. The molecular weight excluding hydrogens is 366 g/mol. The van der Waals surface area contributed by atoms with Gasteiger partial charge in [-0.2, -0.15) is 4.31 Å². The van der Waals surface area contributed by atoms with Gasteiger partial charge in [0.25, 0.3) is 0 Å². The Morgan fingerprint density at radius 3 is 2.56 bits per heavy atom. The lowest BCUT2D eigenvalue weighted by atomic mass is 9.96. The number of ether oxygens (including phenoxy) is 3. The summed E-state index contributed by atoms with van der Waals surface area (Å²) in [6.45, 7) is 2.67. The molecule has 27 heavy (non-hydrogen) atoms. The van der Waals surface area contributed by atoms with Crippen molar-refractivity contribution in [2.75, 3.05) is 32.9 Å². The molecule has 0 bridgehead atoms. The summed E-state index contributed by atoms with van der Waals surface area (Å²) in [6, 6.07) is 11.1. The second-order valence-corrected chi connectivity index (χ2v) is 9.06. The van der Waals surface area contributed by atoms with Crippen LogP contribution in [0.1, 0.15) is 23.5 Å². The summed E-state index contributed by atoms with van der Waals surface area (Å²) in [7, 11) is -3.55. The monoisotopic (exact) mass is 387 g/mol. The van der Waals surface area contributed by atoms with Crippen molar-refractivity contribution in [2.45, 2.75) is 23.7 Å². The Kier molecular flexibility index (Phi) is 4.02. The highest BCUT2D eigenvalue weighted by Gasteiger charge is 2.34. The van der Waals surface area contributed by atoms with E-state index in [9.17, 15) is 8.42 Å². The van der Waals surface area contributed by atoms with E-state index in [1.807, 2.05) is 6.07 Å². The van der Waals surface area contributed by atoms with Crippen LogP contribution in [-0.2, 0) is 16.4 Å². The van der Waals surface area contributed by atoms with Gasteiger partial charge in [-0.3, -0.25) is 0 Å². The molecular formula is C20H21NO5S. The van der Waals surface area contributed by atoms with Gasteiger partial charge >= 0.3 is 0 Å². The normalized spacial score (nSPS) is 21.7. The minimum atomic E-state index is -3.55. The highest BCUT2D eigenvalue weighted by atomic mass is 32.2. The molecule has 3 aliphatic heterocycles. The first-order chi connectivity index (χ1) is 13.1. The van der Waals surface area contributed by atoms with Crippen LogP contribution in [0.3, 0.4) is 0 Å². The Bertz CT molecular complexity index is 988. The third kappa shape index (κ3) is 2.95. The summed E-state index contributed by atoms with van der Waals surface area (Å²) in [4.78, 5) is 0.259. The fourth-order valence-electron chi connectivity index (χ4n) is 4.01. The molecule has 1 saturated heterocycles. The molecule has 1 fully saturated rings. The maximum Gasteiger partial charge on any atom is 0.243 e. The molecule has 1 atom stereocenters. The van der Waals surface area contributed by atoms with Crippen LogP contribution in [0.25, 0.3) is 0 Å². The lowest BCUT2D eigenvalue weighted by Crippen LogP contribution is -2.29. The number of sulfonamides is 1. The number of benzene rings is 2. The number of hydrogen-bond donors (Lipinski definition) is 0. The predicted octanol–water partition coefficient (Wildman–Crippen LogP) is 2.57. The predicted molar refractivity (Wildman–Crippen MR) is 99.2 cm³/mol. The van der Waals surface area contributed by atoms with Crippen molar-refractivity contribution in [1.29, 1.82) is 0 Å². The Labute approximate surface area is 158 Å². The Hall–Kier alpha value is -2.25. The minimum Gasteiger partial charge on any atom is -0.493 e. The number of nitrogens with zero attached hydrogens (tertiary/aromatic N) is 1. The SMILES string of the molecule is O=S(=O)(c1ccc2c(c1)OCCO2)N1CC[C@@H](c2ccc3c(c2)CCO3)C1. The highest BCUT2D eigenvalue weighted by Crippen LogP contribution is 2.37. The minimum absolute atomic E-state index is 0.211. The largest absolute Gasteiger partial charge is 0.493 e. The smallest absolute Gasteiger partial charge is 0.243 e. The van der Waals surface area contributed by atoms with Gasteiger partial charge in [-0.15, -0.1) is 0 Å². The summed E-state index contributed by atoms with van der Waals surface area (Å²) in [6.07, 6.45) is 1.75. The van der Waals surface area contributed by atoms with Gasteiger partial charge in [0.15, 0.2) is 11.5 Å². The zero-order valence-electron chi connectivity index (χ0n) is 14.9. The van der Waals surface area contributed by atoms with Gasteiger partial charge in [0.2, 0.25) is 10.0 Å². The van der Waals surface area contributed by atoms with Crippen molar-refractivity contribution >= 4 is 10.0 Å². The van der Waals surface area contributed by atoms with Crippen LogP contribution in [0, 0.1) is 0 Å². The second-order valence-electron chi connectivity index (χ2n) is 7.12. The number of rotatable bonds is 3. The van der Waals surface area contributed by atoms with Gasteiger partial charge in [0, 0.05) is 25.6 Å². The third-order valence-electron chi connectivity index (χ3n) is 5.49. The Balaban J connectivity index is 1.37. The van der Waals surface area contributed by atoms with Gasteiger partial charge in [0.1, 0.15) is 19.0 Å². The lowest BCUT2D eigenvalue weighted by Gasteiger charge is -2.21. The average molecular weight is 387 g/mol. The molecule has 0 N–H and O–H groups in total. The molecule has 0 aliphatic carbocycles. The average Bonchev–Trinajstić information content (AvgIpc) is 3.36. The molecule has 0 radical (unpaired) electrons. The van der Waals surface area contributed by atoms with Crippen LogP contribution in [-0.4, -0.2) is 45.6 Å². The van der Waals surface area contributed by atoms with Crippen molar-refractivity contribution in [3.05, 3.63) is 47.5 Å². The van der Waals surface area contributed by atoms with Crippen LogP contribution in [0.2, 0.25) is 0 Å². The van der Waals surface area contributed by atoms with Crippen LogP contribution in [0.15, 0.2) is 41.3 Å². The van der Waals surface area contributed by atoms with E-state index < -0.39 is 10.0 Å². The summed E-state index contributed by atoms with van der Waals surface area (Å²) < 4.78 is 44.3. The molecule has 3 aliphatic rings. The van der Waals surface area contributed by atoms with E-state index in [1.165, 1.54) is 11.1 Å². The van der Waals surface area contributed by atoms with E-state index in [0.29, 0.717) is 37.8 Å². The summed E-state index contributed by atoms with van der Waals surface area (Å²) in [5, 5.41) is 0. The van der Waals surface area contributed by atoms with E-state index in [2.05, 4.69) is 12.1 Å². The lowest BCUT2D eigenvalue weighted by molar-refractivity contribution is 0.171. The van der Waals surface area contributed by atoms with Crippen LogP contribution in [0.4, 0.5) is 0 Å². The van der Waals surface area contributed by atoms with Gasteiger partial charge in [-0.1, -0.05) is 12.1 Å². The first kappa shape index (κ1) is 16.9. The molecule has 2 aromatic rings. The molecule has 142 valence electrons. The van der Waals surface area contributed by atoms with Crippen molar-refractivity contribution in [2.24, 2.45) is 0 Å².